The summed E-state index contributed by atoms with van der Waals surface area (Å²) < 4.78 is 0. The molecule has 1 aromatic carbocycles. The van der Waals surface area contributed by atoms with Crippen LogP contribution in [0.3, 0.4) is 0 Å². The van der Waals surface area contributed by atoms with Crippen molar-refractivity contribution in [3.8, 4) is 0 Å². The van der Waals surface area contributed by atoms with Crippen molar-refractivity contribution < 1.29 is 19.2 Å². The van der Waals surface area contributed by atoms with E-state index in [2.05, 4.69) is 5.32 Å². The number of imide groups is 2. The topological polar surface area (TPSA) is 113 Å². The first-order valence-corrected chi connectivity index (χ1v) is 7.90. The second-order valence-corrected chi connectivity index (χ2v) is 6.77. The highest BCUT2D eigenvalue weighted by atomic mass is 16.2. The van der Waals surface area contributed by atoms with Crippen molar-refractivity contribution in [1.29, 1.82) is 0 Å². The van der Waals surface area contributed by atoms with Crippen LogP contribution in [0.5, 0.6) is 0 Å². The van der Waals surface area contributed by atoms with Gasteiger partial charge in [0, 0.05) is 31.2 Å². The van der Waals surface area contributed by atoms with E-state index in [0.29, 0.717) is 11.3 Å². The summed E-state index contributed by atoms with van der Waals surface area (Å²) in [6, 6.07) is 3.83. The van der Waals surface area contributed by atoms with Crippen molar-refractivity contribution in [3.05, 3.63) is 29.3 Å². The zero-order chi connectivity index (χ0) is 18.9. The van der Waals surface area contributed by atoms with Crippen LogP contribution >= 0.6 is 0 Å². The van der Waals surface area contributed by atoms with Gasteiger partial charge in [-0.05, 0) is 39.0 Å². The number of nitrogens with zero attached hydrogens (tertiary/aromatic N) is 2. The molecule has 0 saturated carbocycles. The fourth-order valence-corrected chi connectivity index (χ4v) is 2.65. The lowest BCUT2D eigenvalue weighted by molar-refractivity contribution is -0.125. The summed E-state index contributed by atoms with van der Waals surface area (Å²) in [6.07, 6.45) is 0. The highest BCUT2D eigenvalue weighted by Crippen LogP contribution is 2.30. The number of nitrogens with two attached hydrogens (primary N) is 1. The summed E-state index contributed by atoms with van der Waals surface area (Å²) in [5, 5.41) is 2.56. The van der Waals surface area contributed by atoms with Gasteiger partial charge in [-0.1, -0.05) is 0 Å². The molecule has 0 aromatic heterocycles. The zero-order valence-electron chi connectivity index (χ0n) is 14.8. The number of hydrogen-bond acceptors (Lipinski definition) is 5. The van der Waals surface area contributed by atoms with Crippen molar-refractivity contribution in [2.24, 2.45) is 5.73 Å². The van der Waals surface area contributed by atoms with Gasteiger partial charge in [-0.3, -0.25) is 24.2 Å². The van der Waals surface area contributed by atoms with E-state index in [1.807, 2.05) is 0 Å². The maximum Gasteiger partial charge on any atom is 0.328 e. The fourth-order valence-electron chi connectivity index (χ4n) is 2.65. The van der Waals surface area contributed by atoms with Crippen LogP contribution in [0.15, 0.2) is 18.2 Å². The molecule has 0 unspecified atom stereocenters. The van der Waals surface area contributed by atoms with Gasteiger partial charge in [0.05, 0.1) is 11.1 Å². The van der Waals surface area contributed by atoms with Crippen LogP contribution in [0.4, 0.5) is 10.5 Å². The van der Waals surface area contributed by atoms with Gasteiger partial charge in [0.1, 0.15) is 0 Å². The number of nitrogens with one attached hydrogen (secondary N) is 1. The molecule has 0 fully saturated rings. The van der Waals surface area contributed by atoms with E-state index in [0.717, 1.165) is 4.90 Å². The third-order valence-corrected chi connectivity index (χ3v) is 3.79. The molecule has 8 heteroatoms. The standard InChI is InChI=1S/C17H22N4O4/c1-10(22)20(8-7-18)16(25)19-11-5-6-12-13(9-11)15(24)21(14(12)23)17(2,3)4/h5-6,9H,7-8,18H2,1-4H3,(H,19,25). The summed E-state index contributed by atoms with van der Waals surface area (Å²) in [5.74, 6) is -1.21. The Hall–Kier alpha value is -2.74. The number of urea groups is 1. The molecule has 3 N–H and O–H groups in total. The highest BCUT2D eigenvalue weighted by molar-refractivity contribution is 6.22. The van der Waals surface area contributed by atoms with Crippen molar-refractivity contribution in [3.63, 3.8) is 0 Å². The first kappa shape index (κ1) is 18.6. The summed E-state index contributed by atoms with van der Waals surface area (Å²) in [5.41, 5.74) is 5.60. The van der Waals surface area contributed by atoms with E-state index < -0.39 is 23.4 Å². The number of rotatable bonds is 3. The van der Waals surface area contributed by atoms with E-state index in [4.69, 9.17) is 5.73 Å². The molecule has 1 heterocycles. The minimum atomic E-state index is -0.650. The Morgan fingerprint density at radius 2 is 1.76 bits per heavy atom. The SMILES string of the molecule is CC(=O)N(CCN)C(=O)Nc1ccc2c(c1)C(=O)N(C(C)(C)C)C2=O. The molecule has 0 bridgehead atoms. The normalized spacial score (nSPS) is 13.7. The van der Waals surface area contributed by atoms with Gasteiger partial charge >= 0.3 is 6.03 Å². The van der Waals surface area contributed by atoms with E-state index in [9.17, 15) is 19.2 Å². The monoisotopic (exact) mass is 346 g/mol. The Labute approximate surface area is 145 Å². The van der Waals surface area contributed by atoms with Gasteiger partial charge in [-0.2, -0.15) is 0 Å². The molecule has 25 heavy (non-hydrogen) atoms. The minimum Gasteiger partial charge on any atom is -0.329 e. The maximum atomic E-state index is 12.5. The zero-order valence-corrected chi connectivity index (χ0v) is 14.8. The molecule has 134 valence electrons. The third-order valence-electron chi connectivity index (χ3n) is 3.79. The van der Waals surface area contributed by atoms with Crippen molar-refractivity contribution in [1.82, 2.24) is 9.80 Å². The first-order valence-electron chi connectivity index (χ1n) is 7.90. The number of hydrogen-bond donors (Lipinski definition) is 2. The number of carbonyl (C=O) groups is 4. The largest absolute Gasteiger partial charge is 0.329 e. The molecule has 0 aliphatic carbocycles. The van der Waals surface area contributed by atoms with Crippen molar-refractivity contribution >= 4 is 29.4 Å². The predicted octanol–water partition coefficient (Wildman–Crippen LogP) is 1.42. The molecule has 2 rings (SSSR count). The number of amides is 5. The maximum absolute atomic E-state index is 12.5. The Kier molecular flexibility index (Phi) is 4.94. The lowest BCUT2D eigenvalue weighted by atomic mass is 10.1. The van der Waals surface area contributed by atoms with Gasteiger partial charge in [0.15, 0.2) is 0 Å². The molecule has 0 radical (unpaired) electrons. The Morgan fingerprint density at radius 1 is 1.16 bits per heavy atom. The fraction of sp³-hybridized carbons (Fsp3) is 0.412. The van der Waals surface area contributed by atoms with E-state index in [1.54, 1.807) is 20.8 Å². The quantitative estimate of drug-likeness (QED) is 0.804. The van der Waals surface area contributed by atoms with Crippen molar-refractivity contribution in [2.45, 2.75) is 33.2 Å². The van der Waals surface area contributed by atoms with Crippen LogP contribution in [0.25, 0.3) is 0 Å². The van der Waals surface area contributed by atoms with E-state index in [-0.39, 0.29) is 24.6 Å². The van der Waals surface area contributed by atoms with Crippen LogP contribution in [0.1, 0.15) is 48.4 Å². The van der Waals surface area contributed by atoms with Crippen LogP contribution < -0.4 is 11.1 Å². The van der Waals surface area contributed by atoms with E-state index >= 15 is 0 Å². The summed E-state index contributed by atoms with van der Waals surface area (Å²) in [4.78, 5) is 50.8. The average molecular weight is 346 g/mol. The van der Waals surface area contributed by atoms with Crippen LogP contribution in [0.2, 0.25) is 0 Å². The van der Waals surface area contributed by atoms with Crippen LogP contribution in [-0.2, 0) is 4.79 Å². The third kappa shape index (κ3) is 3.53. The number of fused-ring (bicyclic) bond motifs is 1. The molecule has 1 aliphatic heterocycles. The second-order valence-electron chi connectivity index (χ2n) is 6.77. The highest BCUT2D eigenvalue weighted by Gasteiger charge is 2.41. The number of carbonyl (C=O) groups excluding carboxylic acids is 4. The predicted molar refractivity (Wildman–Crippen MR) is 92.2 cm³/mol. The lowest BCUT2D eigenvalue weighted by Crippen LogP contribution is -2.45. The van der Waals surface area contributed by atoms with Crippen molar-refractivity contribution in [2.75, 3.05) is 18.4 Å². The number of benzene rings is 1. The van der Waals surface area contributed by atoms with Crippen LogP contribution in [-0.4, -0.2) is 52.2 Å². The Balaban J connectivity index is 2.28. The van der Waals surface area contributed by atoms with Crippen LogP contribution in [0, 0.1) is 0 Å². The Bertz CT molecular complexity index is 752. The molecule has 0 atom stereocenters. The first-order chi connectivity index (χ1) is 11.6. The Morgan fingerprint density at radius 3 is 2.28 bits per heavy atom. The van der Waals surface area contributed by atoms with Gasteiger partial charge in [-0.25, -0.2) is 4.79 Å². The molecule has 1 aromatic rings. The molecule has 0 saturated heterocycles. The molecule has 0 spiro atoms. The molecule has 1 aliphatic rings. The van der Waals surface area contributed by atoms with Gasteiger partial charge in [-0.15, -0.1) is 0 Å². The van der Waals surface area contributed by atoms with Gasteiger partial charge in [0.2, 0.25) is 5.91 Å². The summed E-state index contributed by atoms with van der Waals surface area (Å²) in [6.45, 7) is 6.81. The summed E-state index contributed by atoms with van der Waals surface area (Å²) >= 11 is 0. The molecule has 8 nitrogen and oxygen atoms in total. The molecular weight excluding hydrogens is 324 g/mol. The summed E-state index contributed by atoms with van der Waals surface area (Å²) in [7, 11) is 0. The second kappa shape index (κ2) is 6.64. The number of anilines is 1. The van der Waals surface area contributed by atoms with Gasteiger partial charge in [0.25, 0.3) is 11.8 Å². The minimum absolute atomic E-state index is 0.0846. The molecular formula is C17H22N4O4. The molecule has 5 amide bonds. The lowest BCUT2D eigenvalue weighted by Gasteiger charge is -2.29. The average Bonchev–Trinajstić information content (AvgIpc) is 2.75. The van der Waals surface area contributed by atoms with Gasteiger partial charge < -0.3 is 11.1 Å². The van der Waals surface area contributed by atoms with E-state index in [1.165, 1.54) is 30.0 Å². The smallest absolute Gasteiger partial charge is 0.328 e.